The summed E-state index contributed by atoms with van der Waals surface area (Å²) in [6.45, 7) is 0.813. The summed E-state index contributed by atoms with van der Waals surface area (Å²) in [6, 6.07) is 6.82. The van der Waals surface area contributed by atoms with E-state index in [1.807, 2.05) is 0 Å². The van der Waals surface area contributed by atoms with E-state index in [0.717, 1.165) is 12.5 Å². The molecule has 0 heterocycles. The quantitative estimate of drug-likeness (QED) is 0.758. The van der Waals surface area contributed by atoms with Crippen molar-refractivity contribution >= 4 is 6.08 Å². The maximum Gasteiger partial charge on any atom is 0.0566 e. The normalized spacial score (nSPS) is 23.3. The molecule has 18 heavy (non-hydrogen) atoms. The molecule has 0 radical (unpaired) electrons. The Hall–Kier alpha value is -1.08. The topological polar surface area (TPSA) is 9.23 Å². The van der Waals surface area contributed by atoms with Gasteiger partial charge < -0.3 is 4.74 Å². The Morgan fingerprint density at radius 3 is 2.78 bits per heavy atom. The van der Waals surface area contributed by atoms with E-state index >= 15 is 0 Å². The van der Waals surface area contributed by atoms with Gasteiger partial charge in [-0.05, 0) is 35.4 Å². The van der Waals surface area contributed by atoms with E-state index in [-0.39, 0.29) is 0 Å². The van der Waals surface area contributed by atoms with Crippen LogP contribution in [0.3, 0.4) is 0 Å². The highest BCUT2D eigenvalue weighted by atomic mass is 16.5. The summed E-state index contributed by atoms with van der Waals surface area (Å²) in [4.78, 5) is 0. The molecule has 96 valence electrons. The third kappa shape index (κ3) is 2.12. The van der Waals surface area contributed by atoms with Crippen molar-refractivity contribution in [2.45, 2.75) is 43.9 Å². The number of hydrogen-bond donors (Lipinski definition) is 0. The molecular formula is C17H22O. The molecule has 1 unspecified atom stereocenters. The molecule has 0 amide bonds. The molecule has 0 spiro atoms. The van der Waals surface area contributed by atoms with Crippen molar-refractivity contribution in [3.8, 4) is 0 Å². The Balaban J connectivity index is 1.93. The zero-order valence-corrected chi connectivity index (χ0v) is 11.2. The van der Waals surface area contributed by atoms with Crippen LogP contribution in [0.25, 0.3) is 6.08 Å². The average molecular weight is 242 g/mol. The van der Waals surface area contributed by atoms with Crippen molar-refractivity contribution in [1.82, 2.24) is 0 Å². The molecule has 1 atom stereocenters. The molecule has 1 fully saturated rings. The number of ether oxygens (including phenoxy) is 1. The molecule has 0 N–H and O–H groups in total. The van der Waals surface area contributed by atoms with Crippen LogP contribution in [0.2, 0.25) is 0 Å². The first-order valence-electron chi connectivity index (χ1n) is 7.20. The maximum atomic E-state index is 5.37. The first kappa shape index (κ1) is 12.0. The van der Waals surface area contributed by atoms with Gasteiger partial charge in [0.1, 0.15) is 0 Å². The Morgan fingerprint density at radius 2 is 2.00 bits per heavy atom. The second-order valence-corrected chi connectivity index (χ2v) is 5.61. The molecule has 0 saturated heterocycles. The summed E-state index contributed by atoms with van der Waals surface area (Å²) in [5, 5.41) is 0. The van der Waals surface area contributed by atoms with E-state index < -0.39 is 0 Å². The highest BCUT2D eigenvalue weighted by molar-refractivity contribution is 5.65. The molecule has 1 heteroatoms. The van der Waals surface area contributed by atoms with Gasteiger partial charge in [0, 0.05) is 13.0 Å². The first-order chi connectivity index (χ1) is 8.90. The van der Waals surface area contributed by atoms with Crippen LogP contribution in [0, 0.1) is 0 Å². The van der Waals surface area contributed by atoms with E-state index in [1.165, 1.54) is 37.7 Å². The van der Waals surface area contributed by atoms with Gasteiger partial charge in [-0.15, -0.1) is 0 Å². The van der Waals surface area contributed by atoms with E-state index in [4.69, 9.17) is 4.74 Å². The predicted octanol–water partition coefficient (Wildman–Crippen LogP) is 4.49. The zero-order chi connectivity index (χ0) is 12.4. The second kappa shape index (κ2) is 5.27. The van der Waals surface area contributed by atoms with Crippen LogP contribution in [0.1, 0.15) is 60.6 Å². The summed E-state index contributed by atoms with van der Waals surface area (Å²) >= 11 is 0. The molecule has 2 aliphatic carbocycles. The fourth-order valence-corrected chi connectivity index (χ4v) is 3.58. The minimum Gasteiger partial charge on any atom is -0.384 e. The molecule has 1 aromatic carbocycles. The van der Waals surface area contributed by atoms with Gasteiger partial charge in [-0.2, -0.15) is 0 Å². The second-order valence-electron chi connectivity index (χ2n) is 5.61. The highest BCUT2D eigenvalue weighted by Crippen LogP contribution is 2.41. The van der Waals surface area contributed by atoms with Crippen molar-refractivity contribution in [1.29, 1.82) is 0 Å². The van der Waals surface area contributed by atoms with Crippen LogP contribution in [0.15, 0.2) is 24.3 Å². The third-order valence-electron chi connectivity index (χ3n) is 4.44. The van der Waals surface area contributed by atoms with Crippen LogP contribution in [-0.4, -0.2) is 13.7 Å². The maximum absolute atomic E-state index is 5.37. The van der Waals surface area contributed by atoms with E-state index in [0.29, 0.717) is 5.92 Å². The standard InChI is InChI=1S/C17H22O/c1-18-12-15-11-10-14-8-5-9-16(17(14)15)13-6-3-2-4-7-13/h5,8-11,13,15H,2-4,6-7,12H2,1H3. The van der Waals surface area contributed by atoms with E-state index in [9.17, 15) is 0 Å². The van der Waals surface area contributed by atoms with Gasteiger partial charge in [0.2, 0.25) is 0 Å². The summed E-state index contributed by atoms with van der Waals surface area (Å²) in [7, 11) is 1.80. The minimum absolute atomic E-state index is 0.475. The van der Waals surface area contributed by atoms with Gasteiger partial charge in [-0.1, -0.05) is 49.6 Å². The van der Waals surface area contributed by atoms with Crippen molar-refractivity contribution < 1.29 is 4.74 Å². The monoisotopic (exact) mass is 242 g/mol. The van der Waals surface area contributed by atoms with Crippen LogP contribution in [0.5, 0.6) is 0 Å². The lowest BCUT2D eigenvalue weighted by Crippen LogP contribution is -2.11. The molecule has 1 saturated carbocycles. The summed E-state index contributed by atoms with van der Waals surface area (Å²) < 4.78 is 5.37. The van der Waals surface area contributed by atoms with Crippen molar-refractivity contribution in [2.24, 2.45) is 0 Å². The lowest BCUT2D eigenvalue weighted by molar-refractivity contribution is 0.191. The van der Waals surface area contributed by atoms with Crippen LogP contribution >= 0.6 is 0 Å². The van der Waals surface area contributed by atoms with E-state index in [2.05, 4.69) is 30.4 Å². The molecule has 0 bridgehead atoms. The van der Waals surface area contributed by atoms with Crippen LogP contribution in [-0.2, 0) is 4.74 Å². The number of hydrogen-bond acceptors (Lipinski definition) is 1. The predicted molar refractivity (Wildman–Crippen MR) is 75.9 cm³/mol. The Kier molecular flexibility index (Phi) is 3.51. The molecule has 1 aromatic rings. The minimum atomic E-state index is 0.475. The lowest BCUT2D eigenvalue weighted by Gasteiger charge is -2.26. The van der Waals surface area contributed by atoms with Gasteiger partial charge in [0.05, 0.1) is 6.61 Å². The number of fused-ring (bicyclic) bond motifs is 1. The molecule has 1 nitrogen and oxygen atoms in total. The largest absolute Gasteiger partial charge is 0.384 e. The molecule has 3 rings (SSSR count). The summed E-state index contributed by atoms with van der Waals surface area (Å²) in [6.07, 6.45) is 11.5. The fourth-order valence-electron chi connectivity index (χ4n) is 3.58. The smallest absolute Gasteiger partial charge is 0.0566 e. The summed E-state index contributed by atoms with van der Waals surface area (Å²) in [5.74, 6) is 1.26. The van der Waals surface area contributed by atoms with Gasteiger partial charge in [0.15, 0.2) is 0 Å². The SMILES string of the molecule is COCC1C=Cc2cccc(C3CCCCC3)c21. The van der Waals surface area contributed by atoms with Crippen molar-refractivity contribution in [2.75, 3.05) is 13.7 Å². The fraction of sp³-hybridized carbons (Fsp3) is 0.529. The lowest BCUT2D eigenvalue weighted by atomic mass is 9.79. The van der Waals surface area contributed by atoms with Gasteiger partial charge in [0.25, 0.3) is 0 Å². The highest BCUT2D eigenvalue weighted by Gasteiger charge is 2.25. The van der Waals surface area contributed by atoms with Gasteiger partial charge in [-0.25, -0.2) is 0 Å². The number of benzene rings is 1. The Morgan fingerprint density at radius 1 is 1.17 bits per heavy atom. The molecular weight excluding hydrogens is 220 g/mol. The van der Waals surface area contributed by atoms with Crippen molar-refractivity contribution in [3.63, 3.8) is 0 Å². The van der Waals surface area contributed by atoms with E-state index in [1.54, 1.807) is 18.2 Å². The Labute approximate surface area is 110 Å². The third-order valence-corrected chi connectivity index (χ3v) is 4.44. The van der Waals surface area contributed by atoms with Crippen molar-refractivity contribution in [3.05, 3.63) is 41.0 Å². The van der Waals surface area contributed by atoms with Gasteiger partial charge in [-0.3, -0.25) is 0 Å². The van der Waals surface area contributed by atoms with Crippen LogP contribution < -0.4 is 0 Å². The van der Waals surface area contributed by atoms with Gasteiger partial charge >= 0.3 is 0 Å². The average Bonchev–Trinajstić information content (AvgIpc) is 2.84. The van der Waals surface area contributed by atoms with Crippen LogP contribution in [0.4, 0.5) is 0 Å². The first-order valence-corrected chi connectivity index (χ1v) is 7.20. The molecule has 2 aliphatic rings. The Bertz CT molecular complexity index is 441. The molecule has 0 aliphatic heterocycles. The summed E-state index contributed by atoms with van der Waals surface area (Å²) in [5.41, 5.74) is 4.56. The number of methoxy groups -OCH3 is 1. The zero-order valence-electron chi connectivity index (χ0n) is 11.2. The molecule has 0 aromatic heterocycles. The number of rotatable bonds is 3.